The smallest absolute Gasteiger partial charge is 0.151 e. The van der Waals surface area contributed by atoms with E-state index in [9.17, 15) is 0 Å². The molecule has 4 nitrogen and oxygen atoms in total. The molecule has 0 spiro atoms. The van der Waals surface area contributed by atoms with Crippen molar-refractivity contribution in [1.82, 2.24) is 4.98 Å². The van der Waals surface area contributed by atoms with E-state index in [4.69, 9.17) is 28.5 Å². The van der Waals surface area contributed by atoms with E-state index >= 15 is 0 Å². The number of benzene rings is 1. The first-order chi connectivity index (χ1) is 10.2. The summed E-state index contributed by atoms with van der Waals surface area (Å²) < 4.78 is 0. The molecule has 2 rings (SSSR count). The van der Waals surface area contributed by atoms with Gasteiger partial charge < -0.3 is 10.6 Å². The lowest BCUT2D eigenvalue weighted by molar-refractivity contribution is 0.970. The summed E-state index contributed by atoms with van der Waals surface area (Å²) in [5.41, 5.74) is 1.17. The number of hydrogen-bond donors (Lipinski definition) is 2. The minimum absolute atomic E-state index is 0.398. The van der Waals surface area contributed by atoms with Crippen molar-refractivity contribution in [2.24, 2.45) is 0 Å². The van der Waals surface area contributed by atoms with Gasteiger partial charge in [0.05, 0.1) is 21.3 Å². The molecule has 0 radical (unpaired) electrons. The van der Waals surface area contributed by atoms with Gasteiger partial charge in [0, 0.05) is 6.54 Å². The molecular weight excluding hydrogens is 307 g/mol. The predicted molar refractivity (Wildman–Crippen MR) is 87.5 cm³/mol. The van der Waals surface area contributed by atoms with Crippen molar-refractivity contribution in [2.45, 2.75) is 13.3 Å². The second kappa shape index (κ2) is 7.16. The Bertz CT molecular complexity index is 680. The molecule has 108 valence electrons. The minimum atomic E-state index is 0.398. The van der Waals surface area contributed by atoms with Crippen LogP contribution >= 0.6 is 23.2 Å². The summed E-state index contributed by atoms with van der Waals surface area (Å²) >= 11 is 12.3. The van der Waals surface area contributed by atoms with E-state index in [-0.39, 0.29) is 0 Å². The average Bonchev–Trinajstić information content (AvgIpc) is 2.49. The van der Waals surface area contributed by atoms with Gasteiger partial charge in [-0.2, -0.15) is 5.26 Å². The van der Waals surface area contributed by atoms with E-state index in [0.29, 0.717) is 32.9 Å². The topological polar surface area (TPSA) is 60.7 Å². The molecular formula is C15H14Cl2N4. The molecule has 0 fully saturated rings. The normalized spacial score (nSPS) is 10.0. The number of hydrogen-bond acceptors (Lipinski definition) is 4. The summed E-state index contributed by atoms with van der Waals surface area (Å²) in [4.78, 5) is 4.38. The Labute approximate surface area is 133 Å². The Kier molecular flexibility index (Phi) is 5.26. The third kappa shape index (κ3) is 3.78. The van der Waals surface area contributed by atoms with Crippen molar-refractivity contribution in [2.75, 3.05) is 17.2 Å². The summed E-state index contributed by atoms with van der Waals surface area (Å²) in [6.45, 7) is 2.82. The first kappa shape index (κ1) is 15.4. The molecule has 1 aromatic carbocycles. The second-order valence-electron chi connectivity index (χ2n) is 4.36. The Morgan fingerprint density at radius 2 is 1.90 bits per heavy atom. The van der Waals surface area contributed by atoms with Crippen LogP contribution in [0, 0.1) is 11.3 Å². The molecule has 2 N–H and O–H groups in total. The van der Waals surface area contributed by atoms with Gasteiger partial charge in [0.25, 0.3) is 0 Å². The number of aromatic nitrogens is 1. The molecule has 0 bridgehead atoms. The zero-order valence-electron chi connectivity index (χ0n) is 11.5. The first-order valence-corrected chi connectivity index (χ1v) is 7.27. The van der Waals surface area contributed by atoms with E-state index in [1.54, 1.807) is 24.3 Å². The predicted octanol–water partition coefficient (Wildman–Crippen LogP) is 4.83. The van der Waals surface area contributed by atoms with E-state index in [2.05, 4.69) is 28.6 Å². The van der Waals surface area contributed by atoms with Gasteiger partial charge >= 0.3 is 0 Å². The number of anilines is 3. The number of nitrogens with one attached hydrogen (secondary N) is 2. The molecule has 0 aliphatic heterocycles. The van der Waals surface area contributed by atoms with Crippen LogP contribution in [0.3, 0.4) is 0 Å². The van der Waals surface area contributed by atoms with Crippen LogP contribution in [0.1, 0.15) is 18.9 Å². The molecule has 21 heavy (non-hydrogen) atoms. The van der Waals surface area contributed by atoms with Crippen molar-refractivity contribution in [3.8, 4) is 6.07 Å². The van der Waals surface area contributed by atoms with E-state index in [0.717, 1.165) is 13.0 Å². The lowest BCUT2D eigenvalue weighted by Crippen LogP contribution is -2.05. The van der Waals surface area contributed by atoms with Crippen LogP contribution in [0.4, 0.5) is 17.3 Å². The van der Waals surface area contributed by atoms with Gasteiger partial charge in [-0.15, -0.1) is 0 Å². The highest BCUT2D eigenvalue weighted by atomic mass is 35.5. The number of halogens is 2. The molecule has 0 saturated heterocycles. The van der Waals surface area contributed by atoms with Crippen molar-refractivity contribution in [3.05, 3.63) is 45.9 Å². The Morgan fingerprint density at radius 3 is 2.62 bits per heavy atom. The van der Waals surface area contributed by atoms with Gasteiger partial charge in [0.1, 0.15) is 11.9 Å². The summed E-state index contributed by atoms with van der Waals surface area (Å²) in [6, 6.07) is 10.9. The fourth-order valence-corrected chi connectivity index (χ4v) is 2.21. The van der Waals surface area contributed by atoms with Crippen LogP contribution < -0.4 is 10.6 Å². The first-order valence-electron chi connectivity index (χ1n) is 6.51. The molecule has 6 heteroatoms. The van der Waals surface area contributed by atoms with E-state index in [1.165, 1.54) is 0 Å². The second-order valence-corrected chi connectivity index (χ2v) is 5.17. The summed E-state index contributed by atoms with van der Waals surface area (Å²) in [5.74, 6) is 1.03. The van der Waals surface area contributed by atoms with E-state index in [1.807, 2.05) is 6.07 Å². The Balaban J connectivity index is 2.33. The largest absolute Gasteiger partial charge is 0.369 e. The van der Waals surface area contributed by atoms with Crippen LogP contribution in [0.15, 0.2) is 30.3 Å². The zero-order chi connectivity index (χ0) is 15.2. The summed E-state index contributed by atoms with van der Waals surface area (Å²) in [7, 11) is 0. The molecule has 0 aliphatic carbocycles. The van der Waals surface area contributed by atoms with Crippen LogP contribution in [0.2, 0.25) is 10.0 Å². The maximum Gasteiger partial charge on any atom is 0.151 e. The van der Waals surface area contributed by atoms with E-state index < -0.39 is 0 Å². The van der Waals surface area contributed by atoms with Gasteiger partial charge in [0.2, 0.25) is 0 Å². The van der Waals surface area contributed by atoms with Crippen molar-refractivity contribution >= 4 is 40.5 Å². The number of nitriles is 1. The highest BCUT2D eigenvalue weighted by molar-refractivity contribution is 6.37. The number of pyridine rings is 1. The van der Waals surface area contributed by atoms with Crippen molar-refractivity contribution in [3.63, 3.8) is 0 Å². The minimum Gasteiger partial charge on any atom is -0.369 e. The summed E-state index contributed by atoms with van der Waals surface area (Å²) in [5, 5.41) is 16.2. The van der Waals surface area contributed by atoms with Gasteiger partial charge in [-0.05, 0) is 24.6 Å². The summed E-state index contributed by atoms with van der Waals surface area (Å²) in [6.07, 6.45) is 0.959. The molecule has 1 aromatic heterocycles. The Morgan fingerprint density at radius 1 is 1.19 bits per heavy atom. The molecule has 2 aromatic rings. The van der Waals surface area contributed by atoms with Gasteiger partial charge in [0.15, 0.2) is 5.82 Å². The lowest BCUT2D eigenvalue weighted by Gasteiger charge is -2.12. The maximum atomic E-state index is 9.10. The number of rotatable bonds is 5. The van der Waals surface area contributed by atoms with Crippen molar-refractivity contribution in [1.29, 1.82) is 5.26 Å². The number of nitrogens with zero attached hydrogens (tertiary/aromatic N) is 2. The molecule has 0 saturated carbocycles. The molecule has 0 unspecified atom stereocenters. The standard InChI is InChI=1S/C15H14Cl2N4/c1-2-7-19-14-11(16)8-12(17)15(21-14)20-13-6-4-3-5-10(13)9-18/h3-6,8H,2,7H2,1H3,(H2,19,20,21). The third-order valence-corrected chi connectivity index (χ3v) is 3.35. The van der Waals surface area contributed by atoms with Crippen molar-refractivity contribution < 1.29 is 0 Å². The molecule has 0 aliphatic rings. The quantitative estimate of drug-likeness (QED) is 0.828. The van der Waals surface area contributed by atoms with Crippen LogP contribution in [0.5, 0.6) is 0 Å². The monoisotopic (exact) mass is 320 g/mol. The lowest BCUT2D eigenvalue weighted by atomic mass is 10.2. The SMILES string of the molecule is CCCNc1nc(Nc2ccccc2C#N)c(Cl)cc1Cl. The highest BCUT2D eigenvalue weighted by Gasteiger charge is 2.10. The maximum absolute atomic E-state index is 9.10. The molecule has 1 heterocycles. The zero-order valence-corrected chi connectivity index (χ0v) is 13.0. The van der Waals surface area contributed by atoms with Crippen LogP contribution in [-0.4, -0.2) is 11.5 Å². The van der Waals surface area contributed by atoms with Crippen LogP contribution in [0.25, 0.3) is 0 Å². The van der Waals surface area contributed by atoms with Gasteiger partial charge in [-0.1, -0.05) is 42.3 Å². The van der Waals surface area contributed by atoms with Crippen LogP contribution in [-0.2, 0) is 0 Å². The molecule has 0 amide bonds. The third-order valence-electron chi connectivity index (χ3n) is 2.77. The molecule has 0 atom stereocenters. The Hall–Kier alpha value is -1.96. The number of para-hydroxylation sites is 1. The highest BCUT2D eigenvalue weighted by Crippen LogP contribution is 2.31. The fourth-order valence-electron chi connectivity index (χ4n) is 1.74. The fraction of sp³-hybridized carbons (Fsp3) is 0.200. The van der Waals surface area contributed by atoms with Gasteiger partial charge in [-0.25, -0.2) is 4.98 Å². The average molecular weight is 321 g/mol. The van der Waals surface area contributed by atoms with Gasteiger partial charge in [-0.3, -0.25) is 0 Å².